The van der Waals surface area contributed by atoms with E-state index in [2.05, 4.69) is 65.3 Å². The van der Waals surface area contributed by atoms with Crippen molar-refractivity contribution in [2.45, 2.75) is 26.6 Å². The molecule has 0 unspecified atom stereocenters. The first kappa shape index (κ1) is 21.7. The van der Waals surface area contributed by atoms with Crippen molar-refractivity contribution in [1.29, 1.82) is 0 Å². The molecule has 5 heteroatoms. The summed E-state index contributed by atoms with van der Waals surface area (Å²) < 4.78 is 2.34. The number of rotatable bonds is 6. The highest BCUT2D eigenvalue weighted by Crippen LogP contribution is 2.29. The van der Waals surface area contributed by atoms with Crippen molar-refractivity contribution in [2.24, 2.45) is 0 Å². The van der Waals surface area contributed by atoms with Crippen LogP contribution < -0.4 is 5.32 Å². The second kappa shape index (κ2) is 9.69. The average Bonchev–Trinajstić information content (AvgIpc) is 2.97. The summed E-state index contributed by atoms with van der Waals surface area (Å²) in [4.78, 5) is 0. The van der Waals surface area contributed by atoms with Crippen molar-refractivity contribution in [3.8, 4) is 0 Å². The largest absolute Gasteiger partial charge is 0.340 e. The van der Waals surface area contributed by atoms with Crippen molar-refractivity contribution >= 4 is 46.5 Å². The Morgan fingerprint density at radius 2 is 1.59 bits per heavy atom. The molecule has 4 rings (SSSR count). The van der Waals surface area contributed by atoms with Crippen molar-refractivity contribution in [3.63, 3.8) is 0 Å². The monoisotopic (exact) mass is 444 g/mol. The van der Waals surface area contributed by atoms with E-state index in [1.165, 1.54) is 27.7 Å². The Bertz CT molecular complexity index is 1100. The van der Waals surface area contributed by atoms with E-state index in [4.69, 9.17) is 23.2 Å². The molecule has 2 nitrogen and oxygen atoms in total. The Balaban J connectivity index is 0.00000240. The summed E-state index contributed by atoms with van der Waals surface area (Å²) in [5.74, 6) is 0. The summed E-state index contributed by atoms with van der Waals surface area (Å²) in [6.07, 6.45) is 0. The molecule has 0 amide bonds. The Kier molecular flexibility index (Phi) is 7.26. The number of halogens is 3. The van der Waals surface area contributed by atoms with Gasteiger partial charge in [-0.1, -0.05) is 77.8 Å². The normalized spacial score (nSPS) is 10.9. The summed E-state index contributed by atoms with van der Waals surface area (Å²) in [5, 5.41) is 6.24. The van der Waals surface area contributed by atoms with Crippen molar-refractivity contribution in [3.05, 3.63) is 105 Å². The smallest absolute Gasteiger partial charge is 0.0493 e. The minimum atomic E-state index is 0. The number of benzene rings is 3. The Labute approximate surface area is 187 Å². The Morgan fingerprint density at radius 3 is 2.34 bits per heavy atom. The van der Waals surface area contributed by atoms with Crippen molar-refractivity contribution in [2.75, 3.05) is 0 Å². The first-order chi connectivity index (χ1) is 13.6. The molecule has 1 N–H and O–H groups in total. The van der Waals surface area contributed by atoms with Gasteiger partial charge in [-0.3, -0.25) is 0 Å². The third kappa shape index (κ3) is 4.79. The van der Waals surface area contributed by atoms with Crippen molar-refractivity contribution in [1.82, 2.24) is 9.88 Å². The second-order valence-corrected chi connectivity index (χ2v) is 7.84. The fraction of sp³-hybridized carbons (Fsp3) is 0.167. The number of aromatic nitrogens is 1. The van der Waals surface area contributed by atoms with E-state index in [9.17, 15) is 0 Å². The summed E-state index contributed by atoms with van der Waals surface area (Å²) in [5.41, 5.74) is 6.17. The number of para-hydroxylation sites is 1. The Morgan fingerprint density at radius 1 is 0.862 bits per heavy atom. The minimum Gasteiger partial charge on any atom is -0.340 e. The summed E-state index contributed by atoms with van der Waals surface area (Å²) in [6.45, 7) is 4.58. The molecule has 0 aliphatic rings. The molecule has 4 aromatic rings. The van der Waals surface area contributed by atoms with E-state index in [0.717, 1.165) is 25.2 Å². The van der Waals surface area contributed by atoms with Gasteiger partial charge in [-0.25, -0.2) is 0 Å². The topological polar surface area (TPSA) is 17.0 Å². The number of nitrogens with zero attached hydrogens (tertiary/aromatic N) is 1. The van der Waals surface area contributed by atoms with Crippen LogP contribution in [0.15, 0.2) is 72.8 Å². The number of fused-ring (bicyclic) bond motifs is 1. The number of hydrogen-bond acceptors (Lipinski definition) is 1. The van der Waals surface area contributed by atoms with Crippen LogP contribution in [0.25, 0.3) is 10.9 Å². The van der Waals surface area contributed by atoms with E-state index in [0.29, 0.717) is 10.0 Å². The maximum absolute atomic E-state index is 6.43. The first-order valence-electron chi connectivity index (χ1n) is 9.39. The van der Waals surface area contributed by atoms with Gasteiger partial charge in [-0.15, -0.1) is 12.4 Å². The highest BCUT2D eigenvalue weighted by atomic mass is 35.5. The molecular weight excluding hydrogens is 423 g/mol. The number of hydrogen-bond donors (Lipinski definition) is 1. The van der Waals surface area contributed by atoms with Crippen LogP contribution in [-0.4, -0.2) is 4.57 Å². The highest BCUT2D eigenvalue weighted by Gasteiger charge is 2.14. The van der Waals surface area contributed by atoms with Crippen LogP contribution in [0.1, 0.15) is 22.4 Å². The minimum absolute atomic E-state index is 0. The molecule has 0 radical (unpaired) electrons. The van der Waals surface area contributed by atoms with E-state index < -0.39 is 0 Å². The molecular formula is C24H23Cl3N2. The van der Waals surface area contributed by atoms with Gasteiger partial charge in [-0.05, 0) is 41.8 Å². The van der Waals surface area contributed by atoms with Crippen LogP contribution in [0.5, 0.6) is 0 Å². The van der Waals surface area contributed by atoms with Gasteiger partial charge in [-0.2, -0.15) is 0 Å². The van der Waals surface area contributed by atoms with Crippen LogP contribution in [0.2, 0.25) is 10.0 Å². The maximum atomic E-state index is 6.43. The Hall–Kier alpha value is -1.97. The fourth-order valence-corrected chi connectivity index (χ4v) is 4.15. The molecule has 0 spiro atoms. The van der Waals surface area contributed by atoms with E-state index in [1.807, 2.05) is 24.3 Å². The molecule has 29 heavy (non-hydrogen) atoms. The van der Waals surface area contributed by atoms with Crippen LogP contribution in [0, 0.1) is 6.92 Å². The average molecular weight is 446 g/mol. The maximum Gasteiger partial charge on any atom is 0.0493 e. The predicted octanol–water partition coefficient (Wildman–Crippen LogP) is 7.02. The molecule has 0 atom stereocenters. The van der Waals surface area contributed by atoms with Gasteiger partial charge >= 0.3 is 0 Å². The van der Waals surface area contributed by atoms with Gasteiger partial charge in [0, 0.05) is 46.3 Å². The second-order valence-electron chi connectivity index (χ2n) is 6.99. The quantitative estimate of drug-likeness (QED) is 0.337. The van der Waals surface area contributed by atoms with Crippen LogP contribution in [0.4, 0.5) is 0 Å². The van der Waals surface area contributed by atoms with Gasteiger partial charge < -0.3 is 9.88 Å². The number of nitrogens with one attached hydrogen (secondary N) is 1. The molecule has 3 aromatic carbocycles. The van der Waals surface area contributed by atoms with Gasteiger partial charge in [0.25, 0.3) is 0 Å². The lowest BCUT2D eigenvalue weighted by atomic mass is 10.1. The third-order valence-corrected chi connectivity index (χ3v) is 5.77. The SMILES string of the molecule is Cc1c(CNCc2ccccc2)c2ccccc2n1Cc1ccc(Cl)cc1Cl.Cl. The molecule has 150 valence electrons. The van der Waals surface area contributed by atoms with Gasteiger partial charge in [0.1, 0.15) is 0 Å². The van der Waals surface area contributed by atoms with Crippen molar-refractivity contribution < 1.29 is 0 Å². The molecule has 0 bridgehead atoms. The van der Waals surface area contributed by atoms with Crippen LogP contribution >= 0.6 is 35.6 Å². The highest BCUT2D eigenvalue weighted by molar-refractivity contribution is 6.35. The third-order valence-electron chi connectivity index (χ3n) is 5.18. The molecule has 0 saturated carbocycles. The van der Waals surface area contributed by atoms with Gasteiger partial charge in [0.2, 0.25) is 0 Å². The zero-order valence-corrected chi connectivity index (χ0v) is 18.5. The molecule has 1 aromatic heterocycles. The van der Waals surface area contributed by atoms with Gasteiger partial charge in [0.05, 0.1) is 0 Å². The van der Waals surface area contributed by atoms with E-state index in [-0.39, 0.29) is 12.4 Å². The zero-order valence-electron chi connectivity index (χ0n) is 16.2. The van der Waals surface area contributed by atoms with Gasteiger partial charge in [0.15, 0.2) is 0 Å². The summed E-state index contributed by atoms with van der Waals surface area (Å²) >= 11 is 12.5. The lowest BCUT2D eigenvalue weighted by Gasteiger charge is -2.11. The zero-order chi connectivity index (χ0) is 19.5. The molecule has 0 saturated heterocycles. The van der Waals surface area contributed by atoms with E-state index >= 15 is 0 Å². The van der Waals surface area contributed by atoms with E-state index in [1.54, 1.807) is 0 Å². The summed E-state index contributed by atoms with van der Waals surface area (Å²) in [6, 6.07) is 24.7. The molecule has 0 aliphatic carbocycles. The standard InChI is InChI=1S/C24H22Cl2N2.ClH/c1-17-22(15-27-14-18-7-3-2-4-8-18)21-9-5-6-10-24(21)28(17)16-19-11-12-20(25)13-23(19)26;/h2-13,27H,14-16H2,1H3;1H. The molecule has 1 heterocycles. The lowest BCUT2D eigenvalue weighted by molar-refractivity contribution is 0.686. The van der Waals surface area contributed by atoms with Crippen LogP contribution in [-0.2, 0) is 19.6 Å². The fourth-order valence-electron chi connectivity index (χ4n) is 3.68. The predicted molar refractivity (Wildman–Crippen MR) is 126 cm³/mol. The van der Waals surface area contributed by atoms with Crippen LogP contribution in [0.3, 0.4) is 0 Å². The first-order valence-corrected chi connectivity index (χ1v) is 10.1. The molecule has 0 fully saturated rings. The summed E-state index contributed by atoms with van der Waals surface area (Å²) in [7, 11) is 0. The molecule has 0 aliphatic heterocycles. The lowest BCUT2D eigenvalue weighted by Crippen LogP contribution is -2.13.